The molecule has 0 radical (unpaired) electrons. The van der Waals surface area contributed by atoms with Crippen molar-refractivity contribution in [1.82, 2.24) is 15.5 Å². The maximum atomic E-state index is 12.1. The van der Waals surface area contributed by atoms with Crippen LogP contribution in [0.2, 0.25) is 10.3 Å². The Morgan fingerprint density at radius 2 is 2.00 bits per heavy atom. The summed E-state index contributed by atoms with van der Waals surface area (Å²) in [4.78, 5) is 12.1. The van der Waals surface area contributed by atoms with Gasteiger partial charge in [-0.2, -0.15) is 0 Å². The lowest BCUT2D eigenvalue weighted by Gasteiger charge is -2.30. The molecule has 0 bridgehead atoms. The van der Waals surface area contributed by atoms with Crippen molar-refractivity contribution in [3.05, 3.63) is 21.9 Å². The van der Waals surface area contributed by atoms with Crippen LogP contribution in [0, 0.1) is 11.8 Å². The van der Waals surface area contributed by atoms with E-state index in [4.69, 9.17) is 23.2 Å². The molecule has 5 nitrogen and oxygen atoms in total. The minimum Gasteiger partial charge on any atom is -0.396 e. The summed E-state index contributed by atoms with van der Waals surface area (Å²) in [6.07, 6.45) is 4.32. The molecule has 0 saturated heterocycles. The van der Waals surface area contributed by atoms with Gasteiger partial charge in [0.15, 0.2) is 10.3 Å². The number of aromatic nitrogens is 2. The lowest BCUT2D eigenvalue weighted by Crippen LogP contribution is -2.35. The first kappa shape index (κ1) is 15.5. The molecule has 2 N–H and O–H groups in total. The molecule has 2 rings (SSSR count). The van der Waals surface area contributed by atoms with E-state index < -0.39 is 0 Å². The molecular weight excluding hydrogens is 301 g/mol. The van der Waals surface area contributed by atoms with Crippen molar-refractivity contribution in [2.24, 2.45) is 11.8 Å². The summed E-state index contributed by atoms with van der Waals surface area (Å²) in [6, 6.07) is 1.40. The number of halogens is 2. The molecule has 7 heteroatoms. The fourth-order valence-electron chi connectivity index (χ4n) is 2.62. The van der Waals surface area contributed by atoms with E-state index in [1.165, 1.54) is 6.07 Å². The van der Waals surface area contributed by atoms with E-state index in [2.05, 4.69) is 15.5 Å². The average molecular weight is 318 g/mol. The highest BCUT2D eigenvalue weighted by Crippen LogP contribution is 2.29. The number of hydrogen-bond acceptors (Lipinski definition) is 4. The predicted octanol–water partition coefficient (Wildman–Crippen LogP) is 2.31. The molecule has 0 aliphatic heterocycles. The van der Waals surface area contributed by atoms with Gasteiger partial charge in [-0.1, -0.05) is 36.0 Å². The van der Waals surface area contributed by atoms with Crippen molar-refractivity contribution >= 4 is 29.1 Å². The van der Waals surface area contributed by atoms with E-state index >= 15 is 0 Å². The Balaban J connectivity index is 1.96. The zero-order valence-corrected chi connectivity index (χ0v) is 12.5. The molecule has 0 spiro atoms. The van der Waals surface area contributed by atoms with Gasteiger partial charge in [0.05, 0.1) is 5.56 Å². The minimum absolute atomic E-state index is 0.0363. The van der Waals surface area contributed by atoms with Crippen LogP contribution in [0.3, 0.4) is 0 Å². The first-order chi connectivity index (χ1) is 9.61. The quantitative estimate of drug-likeness (QED) is 0.893. The number of carbonyl (C=O) groups is 1. The Hall–Kier alpha value is -0.910. The van der Waals surface area contributed by atoms with Crippen LogP contribution in [0.1, 0.15) is 36.0 Å². The van der Waals surface area contributed by atoms with Gasteiger partial charge < -0.3 is 10.4 Å². The normalized spacial score (nSPS) is 22.6. The molecule has 2 unspecified atom stereocenters. The topological polar surface area (TPSA) is 75.1 Å². The second kappa shape index (κ2) is 7.20. The number of amides is 1. The monoisotopic (exact) mass is 317 g/mol. The van der Waals surface area contributed by atoms with Gasteiger partial charge in [0.1, 0.15) is 0 Å². The summed E-state index contributed by atoms with van der Waals surface area (Å²) in [5.74, 6) is 0.259. The summed E-state index contributed by atoms with van der Waals surface area (Å²) in [5, 5.41) is 19.5. The number of nitrogens with one attached hydrogen (secondary N) is 1. The lowest BCUT2D eigenvalue weighted by molar-refractivity contribution is 0.0909. The van der Waals surface area contributed by atoms with Crippen molar-refractivity contribution in [3.8, 4) is 0 Å². The second-order valence-electron chi connectivity index (χ2n) is 5.07. The first-order valence-corrected chi connectivity index (χ1v) is 7.45. The van der Waals surface area contributed by atoms with Crippen molar-refractivity contribution in [2.45, 2.75) is 25.7 Å². The van der Waals surface area contributed by atoms with Crippen LogP contribution >= 0.6 is 23.2 Å². The molecule has 110 valence electrons. The Labute approximate surface area is 127 Å². The molecule has 1 aromatic heterocycles. The smallest absolute Gasteiger partial charge is 0.254 e. The van der Waals surface area contributed by atoms with Crippen LogP contribution in [0.15, 0.2) is 6.07 Å². The van der Waals surface area contributed by atoms with Crippen LogP contribution in [0.5, 0.6) is 0 Å². The molecule has 1 fully saturated rings. The summed E-state index contributed by atoms with van der Waals surface area (Å²) in [6.45, 7) is 0.699. The number of rotatable bonds is 4. The zero-order chi connectivity index (χ0) is 14.5. The SMILES string of the molecule is O=C(NCC1CCCCC1CO)c1cc(Cl)nnc1Cl. The van der Waals surface area contributed by atoms with E-state index in [1.807, 2.05) is 0 Å². The molecule has 1 amide bonds. The van der Waals surface area contributed by atoms with Crippen LogP contribution in [0.4, 0.5) is 0 Å². The number of carbonyl (C=O) groups excluding carboxylic acids is 1. The van der Waals surface area contributed by atoms with Gasteiger partial charge in [-0.3, -0.25) is 4.79 Å². The Morgan fingerprint density at radius 1 is 1.30 bits per heavy atom. The zero-order valence-electron chi connectivity index (χ0n) is 11.0. The van der Waals surface area contributed by atoms with E-state index in [1.54, 1.807) is 0 Å². The maximum Gasteiger partial charge on any atom is 0.254 e. The van der Waals surface area contributed by atoms with Gasteiger partial charge in [-0.25, -0.2) is 0 Å². The van der Waals surface area contributed by atoms with E-state index in [9.17, 15) is 9.90 Å². The Morgan fingerprint density at radius 3 is 2.70 bits per heavy atom. The molecule has 20 heavy (non-hydrogen) atoms. The second-order valence-corrected chi connectivity index (χ2v) is 5.81. The Bertz CT molecular complexity index is 485. The molecule has 1 saturated carbocycles. The molecule has 1 aliphatic carbocycles. The van der Waals surface area contributed by atoms with Crippen molar-refractivity contribution in [1.29, 1.82) is 0 Å². The van der Waals surface area contributed by atoms with Gasteiger partial charge in [0.25, 0.3) is 5.91 Å². The summed E-state index contributed by atoms with van der Waals surface area (Å²) in [7, 11) is 0. The first-order valence-electron chi connectivity index (χ1n) is 6.69. The van der Waals surface area contributed by atoms with Crippen LogP contribution < -0.4 is 5.32 Å². The summed E-state index contributed by atoms with van der Waals surface area (Å²) >= 11 is 11.5. The van der Waals surface area contributed by atoms with Gasteiger partial charge in [0, 0.05) is 13.2 Å². The third-order valence-electron chi connectivity index (χ3n) is 3.79. The number of aliphatic hydroxyl groups excluding tert-OH is 1. The van der Waals surface area contributed by atoms with Crippen LogP contribution in [0.25, 0.3) is 0 Å². The van der Waals surface area contributed by atoms with Crippen molar-refractivity contribution in [2.75, 3.05) is 13.2 Å². The summed E-state index contributed by atoms with van der Waals surface area (Å²) in [5.41, 5.74) is 0.225. The molecular formula is C13H17Cl2N3O2. The number of aliphatic hydroxyl groups is 1. The number of nitrogens with zero attached hydrogens (tertiary/aromatic N) is 2. The minimum atomic E-state index is -0.311. The predicted molar refractivity (Wildman–Crippen MR) is 76.9 cm³/mol. The Kier molecular flexibility index (Phi) is 5.57. The van der Waals surface area contributed by atoms with Gasteiger partial charge in [-0.15, -0.1) is 10.2 Å². The van der Waals surface area contributed by atoms with Crippen LogP contribution in [-0.4, -0.2) is 34.4 Å². The standard InChI is InChI=1S/C13H17Cl2N3O2/c14-11-5-10(12(15)18-17-11)13(20)16-6-8-3-1-2-4-9(8)7-19/h5,8-9,19H,1-4,6-7H2,(H,16,20). The average Bonchev–Trinajstić information content (AvgIpc) is 2.47. The van der Waals surface area contributed by atoms with E-state index in [0.717, 1.165) is 25.7 Å². The molecule has 0 aromatic carbocycles. The van der Waals surface area contributed by atoms with Crippen molar-refractivity contribution in [3.63, 3.8) is 0 Å². The third kappa shape index (κ3) is 3.81. The van der Waals surface area contributed by atoms with E-state index in [0.29, 0.717) is 12.5 Å². The van der Waals surface area contributed by atoms with Crippen LogP contribution in [-0.2, 0) is 0 Å². The lowest BCUT2D eigenvalue weighted by atomic mass is 9.79. The van der Waals surface area contributed by atoms with Gasteiger partial charge in [0.2, 0.25) is 0 Å². The highest BCUT2D eigenvalue weighted by Gasteiger charge is 2.25. The summed E-state index contributed by atoms with van der Waals surface area (Å²) < 4.78 is 0. The fourth-order valence-corrected chi connectivity index (χ4v) is 2.95. The largest absolute Gasteiger partial charge is 0.396 e. The maximum absolute atomic E-state index is 12.1. The fraction of sp³-hybridized carbons (Fsp3) is 0.615. The van der Waals surface area contributed by atoms with Gasteiger partial charge in [-0.05, 0) is 30.7 Å². The molecule has 1 aromatic rings. The van der Waals surface area contributed by atoms with E-state index in [-0.39, 0.29) is 34.3 Å². The molecule has 1 aliphatic rings. The van der Waals surface area contributed by atoms with Crippen molar-refractivity contribution < 1.29 is 9.90 Å². The highest BCUT2D eigenvalue weighted by atomic mass is 35.5. The number of hydrogen-bond donors (Lipinski definition) is 2. The molecule has 2 atom stereocenters. The highest BCUT2D eigenvalue weighted by molar-refractivity contribution is 6.34. The third-order valence-corrected chi connectivity index (χ3v) is 4.25. The van der Waals surface area contributed by atoms with Gasteiger partial charge >= 0.3 is 0 Å². The molecule has 1 heterocycles.